The summed E-state index contributed by atoms with van der Waals surface area (Å²) in [6.45, 7) is 5.24. The minimum Gasteiger partial charge on any atom is -0.497 e. The van der Waals surface area contributed by atoms with Gasteiger partial charge in [0.15, 0.2) is 6.10 Å². The number of nitrogens with one attached hydrogen (secondary N) is 1. The summed E-state index contributed by atoms with van der Waals surface area (Å²) >= 11 is 0. The summed E-state index contributed by atoms with van der Waals surface area (Å²) in [5.74, 6) is -0.615. The van der Waals surface area contributed by atoms with Crippen molar-refractivity contribution in [2.45, 2.75) is 30.9 Å². The van der Waals surface area contributed by atoms with E-state index in [2.05, 4.69) is 9.62 Å². The number of benzene rings is 2. The zero-order chi connectivity index (χ0) is 24.0. The third kappa shape index (κ3) is 6.23. The van der Waals surface area contributed by atoms with Gasteiger partial charge in [0.2, 0.25) is 10.0 Å². The number of nitrogens with zero attached hydrogens (tertiary/aromatic N) is 2. The average molecular weight is 476 g/mol. The van der Waals surface area contributed by atoms with Crippen LogP contribution >= 0.6 is 0 Å². The van der Waals surface area contributed by atoms with Gasteiger partial charge in [-0.05, 0) is 50.2 Å². The number of hydrogen-bond donors (Lipinski definition) is 1. The van der Waals surface area contributed by atoms with E-state index < -0.39 is 28.1 Å². The molecule has 0 aromatic heterocycles. The number of carbonyl (C=O) groups is 2. The predicted octanol–water partition coefficient (Wildman–Crippen LogP) is 1.64. The number of amides is 1. The molecule has 0 saturated carbocycles. The number of esters is 1. The van der Waals surface area contributed by atoms with Gasteiger partial charge in [-0.15, -0.1) is 0 Å². The first-order valence-corrected chi connectivity index (χ1v) is 12.2. The Balaban J connectivity index is 1.51. The molecule has 2 aromatic carbocycles. The minimum absolute atomic E-state index is 0.0108. The van der Waals surface area contributed by atoms with Gasteiger partial charge in [0.05, 0.1) is 12.0 Å². The fraction of sp³-hybridized carbons (Fsp3) is 0.391. The summed E-state index contributed by atoms with van der Waals surface area (Å²) < 4.78 is 37.6. The molecule has 1 amide bonds. The van der Waals surface area contributed by atoms with E-state index in [-0.39, 0.29) is 10.8 Å². The lowest BCUT2D eigenvalue weighted by Gasteiger charge is -2.37. The molecule has 10 heteroatoms. The number of rotatable bonds is 8. The fourth-order valence-corrected chi connectivity index (χ4v) is 4.70. The number of sulfonamides is 1. The second-order valence-corrected chi connectivity index (χ2v) is 9.46. The molecule has 33 heavy (non-hydrogen) atoms. The van der Waals surface area contributed by atoms with Crippen LogP contribution in [0.1, 0.15) is 13.8 Å². The van der Waals surface area contributed by atoms with Gasteiger partial charge < -0.3 is 19.3 Å². The van der Waals surface area contributed by atoms with E-state index in [4.69, 9.17) is 9.47 Å². The highest BCUT2D eigenvalue weighted by molar-refractivity contribution is 7.89. The Morgan fingerprint density at radius 2 is 1.55 bits per heavy atom. The van der Waals surface area contributed by atoms with Crippen LogP contribution in [0.2, 0.25) is 0 Å². The Morgan fingerprint density at radius 3 is 2.12 bits per heavy atom. The van der Waals surface area contributed by atoms with Crippen molar-refractivity contribution in [2.75, 3.05) is 38.2 Å². The maximum absolute atomic E-state index is 12.7. The highest BCUT2D eigenvalue weighted by Gasteiger charge is 2.30. The molecule has 1 N–H and O–H groups in total. The quantitative estimate of drug-likeness (QED) is 0.579. The number of methoxy groups -OCH3 is 1. The molecule has 3 rings (SSSR count). The molecule has 1 aliphatic rings. The van der Waals surface area contributed by atoms with Gasteiger partial charge in [-0.25, -0.2) is 8.42 Å². The molecular formula is C23H29N3O6S. The molecule has 0 aliphatic carbocycles. The number of piperazine rings is 1. The standard InChI is InChI=1S/C23H29N3O6S/c1-17(24-33(29,30)21-11-9-20(31-3)10-12-21)23(28)32-18(2)22(27)26-15-13-25(14-16-26)19-7-5-4-6-8-19/h4-12,17-18,24H,13-16H2,1-3H3/t17-,18+/m1/s1. The second kappa shape index (κ2) is 10.7. The highest BCUT2D eigenvalue weighted by Crippen LogP contribution is 2.17. The highest BCUT2D eigenvalue weighted by atomic mass is 32.2. The van der Waals surface area contributed by atoms with Crippen molar-refractivity contribution in [1.29, 1.82) is 0 Å². The normalized spacial score (nSPS) is 16.1. The Bertz CT molecular complexity index is 1050. The van der Waals surface area contributed by atoms with Gasteiger partial charge in [-0.2, -0.15) is 4.72 Å². The van der Waals surface area contributed by atoms with E-state index in [0.717, 1.165) is 5.69 Å². The van der Waals surface area contributed by atoms with Crippen molar-refractivity contribution >= 4 is 27.6 Å². The third-order valence-electron chi connectivity index (χ3n) is 5.41. The van der Waals surface area contributed by atoms with Gasteiger partial charge in [-0.1, -0.05) is 18.2 Å². The minimum atomic E-state index is -3.95. The smallest absolute Gasteiger partial charge is 0.324 e. The molecule has 1 fully saturated rings. The zero-order valence-corrected chi connectivity index (χ0v) is 19.7. The summed E-state index contributed by atoms with van der Waals surface area (Å²) in [5, 5.41) is 0. The Kier molecular flexibility index (Phi) is 7.93. The second-order valence-electron chi connectivity index (χ2n) is 7.75. The lowest BCUT2D eigenvalue weighted by molar-refractivity contribution is -0.160. The van der Waals surface area contributed by atoms with E-state index in [0.29, 0.717) is 31.9 Å². The van der Waals surface area contributed by atoms with Crippen LogP contribution in [-0.2, 0) is 24.3 Å². The van der Waals surface area contributed by atoms with Crippen LogP contribution in [0.3, 0.4) is 0 Å². The Labute approximate surface area is 194 Å². The number of carbonyl (C=O) groups excluding carboxylic acids is 2. The molecule has 9 nitrogen and oxygen atoms in total. The van der Waals surface area contributed by atoms with Crippen LogP contribution in [0.5, 0.6) is 5.75 Å². The van der Waals surface area contributed by atoms with E-state index >= 15 is 0 Å². The van der Waals surface area contributed by atoms with Crippen molar-refractivity contribution in [1.82, 2.24) is 9.62 Å². The van der Waals surface area contributed by atoms with Gasteiger partial charge >= 0.3 is 5.97 Å². The van der Waals surface area contributed by atoms with E-state index in [1.165, 1.54) is 45.2 Å². The molecule has 1 aliphatic heterocycles. The number of hydrogen-bond acceptors (Lipinski definition) is 7. The van der Waals surface area contributed by atoms with E-state index in [1.807, 2.05) is 30.3 Å². The molecule has 0 unspecified atom stereocenters. The average Bonchev–Trinajstić information content (AvgIpc) is 2.84. The van der Waals surface area contributed by atoms with Crippen LogP contribution < -0.4 is 14.4 Å². The van der Waals surface area contributed by atoms with Crippen LogP contribution in [0.15, 0.2) is 59.5 Å². The number of ether oxygens (including phenoxy) is 2. The largest absolute Gasteiger partial charge is 0.497 e. The third-order valence-corrected chi connectivity index (χ3v) is 6.97. The molecule has 1 heterocycles. The number of para-hydroxylation sites is 1. The summed E-state index contributed by atoms with van der Waals surface area (Å²) in [4.78, 5) is 29.0. The maximum Gasteiger partial charge on any atom is 0.324 e. The van der Waals surface area contributed by atoms with Crippen molar-refractivity contribution in [2.24, 2.45) is 0 Å². The van der Waals surface area contributed by atoms with Gasteiger partial charge in [0.1, 0.15) is 11.8 Å². The van der Waals surface area contributed by atoms with E-state index in [1.54, 1.807) is 4.90 Å². The lowest BCUT2D eigenvalue weighted by Crippen LogP contribution is -2.52. The molecule has 178 valence electrons. The zero-order valence-electron chi connectivity index (χ0n) is 18.9. The lowest BCUT2D eigenvalue weighted by atomic mass is 10.2. The summed E-state index contributed by atoms with van der Waals surface area (Å²) in [6, 6.07) is 14.6. The maximum atomic E-state index is 12.7. The molecule has 0 radical (unpaired) electrons. The Morgan fingerprint density at radius 1 is 0.939 bits per heavy atom. The molecule has 1 saturated heterocycles. The molecule has 2 aromatic rings. The van der Waals surface area contributed by atoms with Crippen molar-refractivity contribution in [3.63, 3.8) is 0 Å². The van der Waals surface area contributed by atoms with Gasteiger partial charge in [0, 0.05) is 31.9 Å². The molecule has 0 bridgehead atoms. The molecular weight excluding hydrogens is 446 g/mol. The van der Waals surface area contributed by atoms with Crippen molar-refractivity contribution < 1.29 is 27.5 Å². The van der Waals surface area contributed by atoms with Crippen molar-refractivity contribution in [3.05, 3.63) is 54.6 Å². The molecule has 0 spiro atoms. The summed E-state index contributed by atoms with van der Waals surface area (Å²) in [7, 11) is -2.47. The Hall–Kier alpha value is -3.11. The van der Waals surface area contributed by atoms with Gasteiger partial charge in [0.25, 0.3) is 5.91 Å². The van der Waals surface area contributed by atoms with Crippen LogP contribution in [0.25, 0.3) is 0 Å². The number of anilines is 1. The van der Waals surface area contributed by atoms with Crippen LogP contribution in [0.4, 0.5) is 5.69 Å². The predicted molar refractivity (Wildman–Crippen MR) is 124 cm³/mol. The van der Waals surface area contributed by atoms with Crippen molar-refractivity contribution in [3.8, 4) is 5.75 Å². The first kappa shape index (κ1) is 24.5. The summed E-state index contributed by atoms with van der Waals surface area (Å²) in [5.41, 5.74) is 1.10. The topological polar surface area (TPSA) is 105 Å². The monoisotopic (exact) mass is 475 g/mol. The first-order valence-electron chi connectivity index (χ1n) is 10.7. The van der Waals surface area contributed by atoms with Gasteiger partial charge in [-0.3, -0.25) is 9.59 Å². The SMILES string of the molecule is COc1ccc(S(=O)(=O)N[C@H](C)C(=O)O[C@@H](C)C(=O)N2CCN(c3ccccc3)CC2)cc1. The molecule has 2 atom stereocenters. The van der Waals surface area contributed by atoms with Crippen LogP contribution in [-0.4, -0.2) is 70.6 Å². The van der Waals surface area contributed by atoms with E-state index in [9.17, 15) is 18.0 Å². The fourth-order valence-electron chi connectivity index (χ4n) is 3.51. The first-order chi connectivity index (χ1) is 15.7. The van der Waals surface area contributed by atoms with Crippen LogP contribution in [0, 0.1) is 0 Å². The summed E-state index contributed by atoms with van der Waals surface area (Å²) in [6.07, 6.45) is -1.02.